The molecule has 2 saturated heterocycles. The predicted molar refractivity (Wildman–Crippen MR) is 133 cm³/mol. The average Bonchev–Trinajstić information content (AvgIpc) is 3.56. The Morgan fingerprint density at radius 1 is 1.29 bits per heavy atom. The van der Waals surface area contributed by atoms with E-state index in [1.54, 1.807) is 24.1 Å². The molecule has 2 aliphatic rings. The fourth-order valence-electron chi connectivity index (χ4n) is 4.46. The van der Waals surface area contributed by atoms with Crippen LogP contribution in [0, 0.1) is 10.1 Å². The highest BCUT2D eigenvalue weighted by Crippen LogP contribution is 2.36. The van der Waals surface area contributed by atoms with Gasteiger partial charge in [0, 0.05) is 31.3 Å². The maximum absolute atomic E-state index is 13.8. The maximum atomic E-state index is 13.8. The van der Waals surface area contributed by atoms with Gasteiger partial charge in [0.15, 0.2) is 5.13 Å². The first-order chi connectivity index (χ1) is 17.0. The summed E-state index contributed by atoms with van der Waals surface area (Å²) in [5.74, 6) is 0.273. The second kappa shape index (κ2) is 10.1. The topological polar surface area (TPSA) is 107 Å². The van der Waals surface area contributed by atoms with Crippen LogP contribution in [-0.4, -0.2) is 68.5 Å². The molecule has 35 heavy (non-hydrogen) atoms. The molecule has 10 nitrogen and oxygen atoms in total. The molecule has 5 rings (SSSR count). The summed E-state index contributed by atoms with van der Waals surface area (Å²) >= 11 is 1.38. The SMILES string of the molecule is COc1cccc2sc(N(CC3CCCO3)C(=O)c3ccc(N4CCOCC4)c([N+](=O)[O-])c3)nc12. The number of nitrogens with zero attached hydrogens (tertiary/aromatic N) is 4. The van der Waals surface area contributed by atoms with Gasteiger partial charge < -0.3 is 19.1 Å². The molecule has 3 aromatic rings. The van der Waals surface area contributed by atoms with Crippen LogP contribution >= 0.6 is 11.3 Å². The lowest BCUT2D eigenvalue weighted by molar-refractivity contribution is -0.384. The van der Waals surface area contributed by atoms with Crippen molar-refractivity contribution < 1.29 is 23.9 Å². The zero-order valence-corrected chi connectivity index (χ0v) is 20.2. The molecule has 1 atom stereocenters. The van der Waals surface area contributed by atoms with Gasteiger partial charge in [-0.2, -0.15) is 0 Å². The van der Waals surface area contributed by atoms with Crippen molar-refractivity contribution in [2.75, 3.05) is 56.4 Å². The van der Waals surface area contributed by atoms with Gasteiger partial charge in [-0.05, 0) is 37.1 Å². The molecule has 0 radical (unpaired) electrons. The lowest BCUT2D eigenvalue weighted by Crippen LogP contribution is -2.38. The van der Waals surface area contributed by atoms with Crippen molar-refractivity contribution in [2.45, 2.75) is 18.9 Å². The van der Waals surface area contributed by atoms with Crippen molar-refractivity contribution >= 4 is 44.0 Å². The number of ether oxygens (including phenoxy) is 3. The minimum absolute atomic E-state index is 0.0965. The van der Waals surface area contributed by atoms with Gasteiger partial charge in [0.1, 0.15) is 17.0 Å². The van der Waals surface area contributed by atoms with Gasteiger partial charge in [0.05, 0.1) is 42.6 Å². The molecule has 11 heteroatoms. The third-order valence-electron chi connectivity index (χ3n) is 6.25. The molecule has 1 unspecified atom stereocenters. The van der Waals surface area contributed by atoms with Crippen molar-refractivity contribution in [3.8, 4) is 5.75 Å². The van der Waals surface area contributed by atoms with Crippen molar-refractivity contribution in [2.24, 2.45) is 0 Å². The Labute approximate surface area is 206 Å². The molecule has 2 aliphatic heterocycles. The Hall–Kier alpha value is -3.28. The fourth-order valence-corrected chi connectivity index (χ4v) is 5.45. The molecule has 2 fully saturated rings. The van der Waals surface area contributed by atoms with Crippen LogP contribution in [0.25, 0.3) is 10.2 Å². The monoisotopic (exact) mass is 498 g/mol. The summed E-state index contributed by atoms with van der Waals surface area (Å²) in [7, 11) is 1.58. The van der Waals surface area contributed by atoms with Crippen LogP contribution in [0.15, 0.2) is 36.4 Å². The summed E-state index contributed by atoms with van der Waals surface area (Å²) in [6, 6.07) is 10.3. The second-order valence-corrected chi connectivity index (χ2v) is 9.42. The van der Waals surface area contributed by atoms with Crippen LogP contribution in [-0.2, 0) is 9.47 Å². The van der Waals surface area contributed by atoms with Crippen LogP contribution in [0.1, 0.15) is 23.2 Å². The van der Waals surface area contributed by atoms with Crippen molar-refractivity contribution in [1.82, 2.24) is 4.98 Å². The number of para-hydroxylation sites is 1. The second-order valence-electron chi connectivity index (χ2n) is 8.41. The number of carbonyl (C=O) groups excluding carboxylic acids is 1. The Morgan fingerprint density at radius 2 is 2.11 bits per heavy atom. The van der Waals surface area contributed by atoms with E-state index < -0.39 is 4.92 Å². The van der Waals surface area contributed by atoms with Crippen LogP contribution in [0.4, 0.5) is 16.5 Å². The molecule has 0 bridgehead atoms. The molecule has 0 aliphatic carbocycles. The lowest BCUT2D eigenvalue weighted by atomic mass is 10.1. The van der Waals surface area contributed by atoms with E-state index in [1.807, 2.05) is 23.1 Å². The number of methoxy groups -OCH3 is 1. The number of nitro benzene ring substituents is 1. The standard InChI is InChI=1S/C24H26N4O6S/c1-32-20-5-2-6-21-22(20)25-24(35-21)27(15-17-4-3-11-34-17)23(29)16-7-8-18(19(14-16)28(30)31)26-9-12-33-13-10-26/h2,5-8,14,17H,3-4,9-13,15H2,1H3. The Balaban J connectivity index is 1.52. The van der Waals surface area contributed by atoms with Gasteiger partial charge in [-0.1, -0.05) is 17.4 Å². The van der Waals surface area contributed by atoms with Gasteiger partial charge in [0.2, 0.25) is 0 Å². The first-order valence-corrected chi connectivity index (χ1v) is 12.3. The number of benzene rings is 2. The molecule has 1 amide bonds. The summed E-state index contributed by atoms with van der Waals surface area (Å²) in [6.07, 6.45) is 1.66. The number of fused-ring (bicyclic) bond motifs is 1. The molecule has 0 spiro atoms. The molecule has 0 N–H and O–H groups in total. The summed E-state index contributed by atoms with van der Waals surface area (Å²) < 4.78 is 17.5. The first kappa shape index (κ1) is 23.5. The minimum atomic E-state index is -0.436. The Bertz CT molecular complexity index is 1240. The number of hydrogen-bond acceptors (Lipinski definition) is 9. The molecule has 1 aromatic heterocycles. The molecular formula is C24H26N4O6S. The lowest BCUT2D eigenvalue weighted by Gasteiger charge is -2.28. The third-order valence-corrected chi connectivity index (χ3v) is 7.29. The van der Waals surface area contributed by atoms with Crippen molar-refractivity contribution in [1.29, 1.82) is 0 Å². The number of amides is 1. The number of thiazole rings is 1. The minimum Gasteiger partial charge on any atom is -0.494 e. The zero-order valence-electron chi connectivity index (χ0n) is 19.3. The quantitative estimate of drug-likeness (QED) is 0.357. The molecule has 2 aromatic carbocycles. The van der Waals surface area contributed by atoms with Crippen LogP contribution < -0.4 is 14.5 Å². The number of carbonyl (C=O) groups is 1. The highest BCUT2D eigenvalue weighted by atomic mass is 32.1. The predicted octanol–water partition coefficient (Wildman–Crippen LogP) is 3.88. The van der Waals surface area contributed by atoms with Gasteiger partial charge in [0.25, 0.3) is 11.6 Å². The summed E-state index contributed by atoms with van der Waals surface area (Å²) in [4.78, 5) is 33.5. The number of aromatic nitrogens is 1. The van der Waals surface area contributed by atoms with E-state index in [0.29, 0.717) is 61.5 Å². The van der Waals surface area contributed by atoms with Crippen LogP contribution in [0.5, 0.6) is 5.75 Å². The van der Waals surface area contributed by atoms with Gasteiger partial charge in [-0.3, -0.25) is 19.8 Å². The molecule has 184 valence electrons. The smallest absolute Gasteiger partial charge is 0.293 e. The van der Waals surface area contributed by atoms with E-state index in [-0.39, 0.29) is 23.3 Å². The number of nitro groups is 1. The van der Waals surface area contributed by atoms with Gasteiger partial charge in [-0.25, -0.2) is 4.98 Å². The summed E-state index contributed by atoms with van der Waals surface area (Å²) in [5, 5.41) is 12.4. The van der Waals surface area contributed by atoms with E-state index in [1.165, 1.54) is 17.4 Å². The van der Waals surface area contributed by atoms with E-state index >= 15 is 0 Å². The Morgan fingerprint density at radius 3 is 2.83 bits per heavy atom. The largest absolute Gasteiger partial charge is 0.494 e. The number of hydrogen-bond donors (Lipinski definition) is 0. The zero-order chi connectivity index (χ0) is 24.4. The van der Waals surface area contributed by atoms with E-state index in [4.69, 9.17) is 19.2 Å². The molecule has 3 heterocycles. The molecular weight excluding hydrogens is 472 g/mol. The van der Waals surface area contributed by atoms with Crippen molar-refractivity contribution in [3.63, 3.8) is 0 Å². The average molecular weight is 499 g/mol. The number of morpholine rings is 1. The number of rotatable bonds is 7. The number of anilines is 2. The fraction of sp³-hybridized carbons (Fsp3) is 0.417. The van der Waals surface area contributed by atoms with Crippen molar-refractivity contribution in [3.05, 3.63) is 52.1 Å². The van der Waals surface area contributed by atoms with E-state index in [2.05, 4.69) is 0 Å². The van der Waals surface area contributed by atoms with Gasteiger partial charge >= 0.3 is 0 Å². The van der Waals surface area contributed by atoms with Crippen LogP contribution in [0.3, 0.4) is 0 Å². The molecule has 0 saturated carbocycles. The maximum Gasteiger partial charge on any atom is 0.293 e. The first-order valence-electron chi connectivity index (χ1n) is 11.5. The van der Waals surface area contributed by atoms with Crippen LogP contribution in [0.2, 0.25) is 0 Å². The normalized spacial score (nSPS) is 18.1. The van der Waals surface area contributed by atoms with E-state index in [9.17, 15) is 14.9 Å². The summed E-state index contributed by atoms with van der Waals surface area (Å²) in [5.41, 5.74) is 1.30. The summed E-state index contributed by atoms with van der Waals surface area (Å²) in [6.45, 7) is 3.11. The highest BCUT2D eigenvalue weighted by Gasteiger charge is 2.30. The highest BCUT2D eigenvalue weighted by molar-refractivity contribution is 7.22. The van der Waals surface area contributed by atoms with E-state index in [0.717, 1.165) is 17.5 Å². The third kappa shape index (κ3) is 4.79. The Kier molecular flexibility index (Phi) is 6.80. The van der Waals surface area contributed by atoms with Gasteiger partial charge in [-0.15, -0.1) is 0 Å².